The average Bonchev–Trinajstić information content (AvgIpc) is 2.91. The zero-order valence-electron chi connectivity index (χ0n) is 14.9. The Bertz CT molecular complexity index is 1040. The molecule has 6 nitrogen and oxygen atoms in total. The van der Waals surface area contributed by atoms with Crippen LogP contribution in [0, 0.1) is 43.2 Å². The molecule has 0 unspecified atom stereocenters. The van der Waals surface area contributed by atoms with Gasteiger partial charge < -0.3 is 4.74 Å². The van der Waals surface area contributed by atoms with Gasteiger partial charge in [-0.1, -0.05) is 6.07 Å². The molecule has 2 heterocycles. The van der Waals surface area contributed by atoms with E-state index >= 15 is 0 Å². The largest absolute Gasteiger partial charge is 0.485 e. The summed E-state index contributed by atoms with van der Waals surface area (Å²) in [7, 11) is 0. The van der Waals surface area contributed by atoms with Crippen molar-refractivity contribution in [1.29, 1.82) is 0 Å². The summed E-state index contributed by atoms with van der Waals surface area (Å²) in [5, 5.41) is 11.2. The molecular weight excluding hydrogens is 330 g/mol. The van der Waals surface area contributed by atoms with Crippen molar-refractivity contribution in [3.05, 3.63) is 68.7 Å². The normalized spacial score (nSPS) is 10.7. The van der Waals surface area contributed by atoms with Gasteiger partial charge in [0.1, 0.15) is 6.61 Å². The van der Waals surface area contributed by atoms with E-state index in [4.69, 9.17) is 11.2 Å². The first-order chi connectivity index (χ1) is 12.4. The summed E-state index contributed by atoms with van der Waals surface area (Å²) < 4.78 is 7.92. The smallest absolute Gasteiger partial charge is 0.272 e. The molecule has 6 heteroatoms. The maximum Gasteiger partial charge on any atom is 0.272 e. The molecule has 0 fully saturated rings. The summed E-state index contributed by atoms with van der Waals surface area (Å²) >= 11 is 0. The van der Waals surface area contributed by atoms with Crippen molar-refractivity contribution in [3.63, 3.8) is 0 Å². The van der Waals surface area contributed by atoms with Crippen molar-refractivity contribution < 1.29 is 9.66 Å². The first-order valence-electron chi connectivity index (χ1n) is 8.20. The number of nitrogens with zero attached hydrogens (tertiary/aromatic N) is 3. The summed E-state index contributed by atoms with van der Waals surface area (Å²) in [5.41, 5.74) is 4.99. The predicted octanol–water partition coefficient (Wildman–Crippen LogP) is 3.92. The molecule has 2 aromatic heterocycles. The Kier molecular flexibility index (Phi) is 4.63. The highest BCUT2D eigenvalue weighted by Crippen LogP contribution is 2.27. The third kappa shape index (κ3) is 3.00. The molecule has 0 radical (unpaired) electrons. The Morgan fingerprint density at radius 3 is 2.77 bits per heavy atom. The first-order valence-corrected chi connectivity index (χ1v) is 8.20. The fourth-order valence-corrected chi connectivity index (χ4v) is 3.08. The third-order valence-corrected chi connectivity index (χ3v) is 4.56. The first kappa shape index (κ1) is 17.5. The second-order valence-corrected chi connectivity index (χ2v) is 6.14. The van der Waals surface area contributed by atoms with Crippen LogP contribution in [0.4, 0.5) is 5.69 Å². The van der Waals surface area contributed by atoms with Crippen molar-refractivity contribution >= 4 is 11.3 Å². The molecule has 132 valence electrons. The second kappa shape index (κ2) is 6.89. The number of nitro groups is 1. The SMILES string of the molecule is C#CCc1c(C)nc2c(OCc3c(C)ccc([N+](=O)[O-])c3C)cccn12. The van der Waals surface area contributed by atoms with Crippen molar-refractivity contribution in [2.45, 2.75) is 33.8 Å². The van der Waals surface area contributed by atoms with Crippen LogP contribution < -0.4 is 4.74 Å². The van der Waals surface area contributed by atoms with E-state index in [-0.39, 0.29) is 17.2 Å². The van der Waals surface area contributed by atoms with Gasteiger partial charge in [-0.3, -0.25) is 14.5 Å². The molecular formula is C20H19N3O3. The Morgan fingerprint density at radius 1 is 1.31 bits per heavy atom. The predicted molar refractivity (Wildman–Crippen MR) is 99.4 cm³/mol. The van der Waals surface area contributed by atoms with Crippen LogP contribution in [0.5, 0.6) is 5.75 Å². The fraction of sp³-hybridized carbons (Fsp3) is 0.250. The van der Waals surface area contributed by atoms with E-state index in [9.17, 15) is 10.1 Å². The lowest BCUT2D eigenvalue weighted by Crippen LogP contribution is -2.04. The molecule has 0 saturated heterocycles. The lowest BCUT2D eigenvalue weighted by molar-refractivity contribution is -0.385. The van der Waals surface area contributed by atoms with Gasteiger partial charge in [-0.05, 0) is 38.5 Å². The summed E-state index contributed by atoms with van der Waals surface area (Å²) in [6.07, 6.45) is 7.83. The Balaban J connectivity index is 1.97. The van der Waals surface area contributed by atoms with Gasteiger partial charge in [0.25, 0.3) is 5.69 Å². The number of terminal acetylenes is 1. The van der Waals surface area contributed by atoms with Crippen LogP contribution in [0.15, 0.2) is 30.5 Å². The van der Waals surface area contributed by atoms with Crippen LogP contribution >= 0.6 is 0 Å². The van der Waals surface area contributed by atoms with E-state index in [0.29, 0.717) is 23.4 Å². The van der Waals surface area contributed by atoms with Gasteiger partial charge >= 0.3 is 0 Å². The van der Waals surface area contributed by atoms with Gasteiger partial charge in [-0.15, -0.1) is 12.3 Å². The fourth-order valence-electron chi connectivity index (χ4n) is 3.08. The van der Waals surface area contributed by atoms with E-state index in [1.54, 1.807) is 13.0 Å². The highest BCUT2D eigenvalue weighted by atomic mass is 16.6. The molecule has 0 amide bonds. The Labute approximate surface area is 151 Å². The van der Waals surface area contributed by atoms with Crippen LogP contribution in [-0.4, -0.2) is 14.3 Å². The minimum absolute atomic E-state index is 0.0976. The number of nitro benzene ring substituents is 1. The number of aromatic nitrogens is 2. The molecule has 0 aliphatic rings. The van der Waals surface area contributed by atoms with Gasteiger partial charge in [0.2, 0.25) is 0 Å². The summed E-state index contributed by atoms with van der Waals surface area (Å²) in [6, 6.07) is 6.98. The van der Waals surface area contributed by atoms with E-state index < -0.39 is 0 Å². The molecule has 0 bridgehead atoms. The lowest BCUT2D eigenvalue weighted by atomic mass is 10.0. The topological polar surface area (TPSA) is 69.7 Å². The number of pyridine rings is 1. The number of rotatable bonds is 5. The maximum atomic E-state index is 11.2. The molecule has 0 atom stereocenters. The summed E-state index contributed by atoms with van der Waals surface area (Å²) in [6.45, 7) is 5.81. The van der Waals surface area contributed by atoms with E-state index in [0.717, 1.165) is 22.5 Å². The second-order valence-electron chi connectivity index (χ2n) is 6.14. The lowest BCUT2D eigenvalue weighted by Gasteiger charge is -2.12. The highest BCUT2D eigenvalue weighted by molar-refractivity contribution is 5.56. The monoisotopic (exact) mass is 349 g/mol. The average molecular weight is 349 g/mol. The van der Waals surface area contributed by atoms with E-state index in [1.807, 2.05) is 36.6 Å². The zero-order valence-corrected chi connectivity index (χ0v) is 14.9. The summed E-state index contributed by atoms with van der Waals surface area (Å²) in [4.78, 5) is 15.4. The van der Waals surface area contributed by atoms with Gasteiger partial charge in [-0.25, -0.2) is 4.98 Å². The van der Waals surface area contributed by atoms with Crippen LogP contribution in [0.25, 0.3) is 5.65 Å². The molecule has 0 spiro atoms. The standard InChI is InChI=1S/C20H19N3O3/c1-5-7-18-15(4)21-20-19(8-6-11-22(18)20)26-12-16-13(2)9-10-17(14(16)3)23(24)25/h1,6,8-11H,7,12H2,2-4H3. The Hall–Kier alpha value is -3.33. The number of hydrogen-bond donors (Lipinski definition) is 0. The zero-order chi connectivity index (χ0) is 18.8. The van der Waals surface area contributed by atoms with Gasteiger partial charge in [0, 0.05) is 23.4 Å². The van der Waals surface area contributed by atoms with Crippen LogP contribution in [0.2, 0.25) is 0 Å². The van der Waals surface area contributed by atoms with Crippen LogP contribution in [0.1, 0.15) is 28.1 Å². The van der Waals surface area contributed by atoms with Crippen molar-refractivity contribution in [2.75, 3.05) is 0 Å². The molecule has 3 aromatic rings. The van der Waals surface area contributed by atoms with Crippen molar-refractivity contribution in [3.8, 4) is 18.1 Å². The molecule has 0 aliphatic carbocycles. The molecule has 0 aliphatic heterocycles. The third-order valence-electron chi connectivity index (χ3n) is 4.56. The number of hydrogen-bond acceptors (Lipinski definition) is 4. The maximum absolute atomic E-state index is 11.2. The number of fused-ring (bicyclic) bond motifs is 1. The molecule has 26 heavy (non-hydrogen) atoms. The molecule has 0 N–H and O–H groups in total. The van der Waals surface area contributed by atoms with Crippen molar-refractivity contribution in [2.24, 2.45) is 0 Å². The molecule has 1 aromatic carbocycles. The van der Waals surface area contributed by atoms with Gasteiger partial charge in [0.15, 0.2) is 11.4 Å². The molecule has 0 saturated carbocycles. The Morgan fingerprint density at radius 2 is 2.08 bits per heavy atom. The molecule has 3 rings (SSSR count). The van der Waals surface area contributed by atoms with Crippen LogP contribution in [-0.2, 0) is 13.0 Å². The summed E-state index contributed by atoms with van der Waals surface area (Å²) in [5.74, 6) is 3.26. The number of aryl methyl sites for hydroxylation is 2. The number of benzene rings is 1. The number of ether oxygens (including phenoxy) is 1. The van der Waals surface area contributed by atoms with E-state index in [2.05, 4.69) is 10.9 Å². The van der Waals surface area contributed by atoms with Gasteiger partial charge in [-0.2, -0.15) is 0 Å². The van der Waals surface area contributed by atoms with Crippen LogP contribution in [0.3, 0.4) is 0 Å². The minimum Gasteiger partial charge on any atom is -0.485 e. The van der Waals surface area contributed by atoms with Gasteiger partial charge in [0.05, 0.1) is 22.7 Å². The number of imidazole rings is 1. The van der Waals surface area contributed by atoms with Crippen molar-refractivity contribution in [1.82, 2.24) is 9.38 Å². The minimum atomic E-state index is -0.372. The van der Waals surface area contributed by atoms with E-state index in [1.165, 1.54) is 6.07 Å². The highest BCUT2D eigenvalue weighted by Gasteiger charge is 2.17. The quantitative estimate of drug-likeness (QED) is 0.398.